The van der Waals surface area contributed by atoms with Crippen LogP contribution in [0.5, 0.6) is 0 Å². The lowest BCUT2D eigenvalue weighted by Crippen LogP contribution is -2.39. The van der Waals surface area contributed by atoms with Crippen molar-refractivity contribution in [1.29, 1.82) is 0 Å². The number of carbonyl (C=O) groups is 1. The van der Waals surface area contributed by atoms with Crippen LogP contribution in [0.15, 0.2) is 60.7 Å². The standard InChI is InChI=1S/C23H24N2O2/c1-16-6-4-11-21(24-16)22(25-14-12-18(13-15-25)23(26)27)20-10-5-8-17-7-2-3-9-19(17)20/h2-11,18,22H,12-15H2,1H3,(H,26,27). The number of likely N-dealkylation sites (tertiary alicyclic amines) is 1. The largest absolute Gasteiger partial charge is 0.481 e. The Morgan fingerprint density at radius 2 is 1.74 bits per heavy atom. The van der Waals surface area contributed by atoms with E-state index in [1.807, 2.05) is 13.0 Å². The predicted molar refractivity (Wildman–Crippen MR) is 107 cm³/mol. The second-order valence-electron chi connectivity index (χ2n) is 7.32. The summed E-state index contributed by atoms with van der Waals surface area (Å²) in [6.45, 7) is 3.54. The molecule has 0 bridgehead atoms. The van der Waals surface area contributed by atoms with E-state index in [9.17, 15) is 9.90 Å². The van der Waals surface area contributed by atoms with Gasteiger partial charge in [0.05, 0.1) is 17.7 Å². The third kappa shape index (κ3) is 3.58. The molecule has 1 aliphatic heterocycles. The average Bonchev–Trinajstić information content (AvgIpc) is 2.69. The Morgan fingerprint density at radius 1 is 1.04 bits per heavy atom. The predicted octanol–water partition coefficient (Wildman–Crippen LogP) is 4.43. The third-order valence-electron chi connectivity index (χ3n) is 5.55. The molecule has 2 heterocycles. The van der Waals surface area contributed by atoms with Crippen LogP contribution in [-0.2, 0) is 4.79 Å². The summed E-state index contributed by atoms with van der Waals surface area (Å²) in [5, 5.41) is 11.8. The van der Waals surface area contributed by atoms with Crippen LogP contribution in [0.4, 0.5) is 0 Å². The first-order chi connectivity index (χ1) is 13.1. The van der Waals surface area contributed by atoms with E-state index in [-0.39, 0.29) is 12.0 Å². The van der Waals surface area contributed by atoms with Crippen LogP contribution in [-0.4, -0.2) is 34.0 Å². The van der Waals surface area contributed by atoms with E-state index in [0.717, 1.165) is 24.5 Å². The molecule has 1 aliphatic rings. The van der Waals surface area contributed by atoms with Gasteiger partial charge in [0.25, 0.3) is 0 Å². The molecule has 1 unspecified atom stereocenters. The molecule has 1 fully saturated rings. The lowest BCUT2D eigenvalue weighted by atomic mass is 9.91. The Bertz CT molecular complexity index is 956. The summed E-state index contributed by atoms with van der Waals surface area (Å²) < 4.78 is 0. The minimum Gasteiger partial charge on any atom is -0.481 e. The fourth-order valence-corrected chi connectivity index (χ4v) is 4.15. The van der Waals surface area contributed by atoms with Crippen molar-refractivity contribution in [2.75, 3.05) is 13.1 Å². The number of piperidine rings is 1. The van der Waals surface area contributed by atoms with Gasteiger partial charge in [0, 0.05) is 5.69 Å². The van der Waals surface area contributed by atoms with Crippen molar-refractivity contribution in [3.05, 3.63) is 77.6 Å². The molecule has 0 saturated carbocycles. The van der Waals surface area contributed by atoms with Crippen LogP contribution in [0.1, 0.15) is 35.8 Å². The SMILES string of the molecule is Cc1cccc(C(c2cccc3ccccc23)N2CCC(C(=O)O)CC2)n1. The molecular weight excluding hydrogens is 336 g/mol. The summed E-state index contributed by atoms with van der Waals surface area (Å²) in [4.78, 5) is 18.6. The fourth-order valence-electron chi connectivity index (χ4n) is 4.15. The molecule has 2 aromatic carbocycles. The number of hydrogen-bond acceptors (Lipinski definition) is 3. The quantitative estimate of drug-likeness (QED) is 0.748. The minimum atomic E-state index is -0.676. The third-order valence-corrected chi connectivity index (χ3v) is 5.55. The molecule has 138 valence electrons. The normalized spacial score (nSPS) is 17.1. The van der Waals surface area contributed by atoms with Gasteiger partial charge in [-0.3, -0.25) is 14.7 Å². The first-order valence-electron chi connectivity index (χ1n) is 9.51. The van der Waals surface area contributed by atoms with Gasteiger partial charge >= 0.3 is 5.97 Å². The van der Waals surface area contributed by atoms with Gasteiger partial charge in [-0.2, -0.15) is 0 Å². The topological polar surface area (TPSA) is 53.4 Å². The van der Waals surface area contributed by atoms with E-state index in [0.29, 0.717) is 12.8 Å². The Hall–Kier alpha value is -2.72. The van der Waals surface area contributed by atoms with E-state index in [1.165, 1.54) is 16.3 Å². The zero-order valence-electron chi connectivity index (χ0n) is 15.5. The van der Waals surface area contributed by atoms with Crippen molar-refractivity contribution >= 4 is 16.7 Å². The monoisotopic (exact) mass is 360 g/mol. The highest BCUT2D eigenvalue weighted by atomic mass is 16.4. The summed E-state index contributed by atoms with van der Waals surface area (Å²) in [6.07, 6.45) is 1.37. The Kier molecular flexibility index (Phi) is 4.90. The van der Waals surface area contributed by atoms with Gasteiger partial charge in [0.15, 0.2) is 0 Å². The van der Waals surface area contributed by atoms with E-state index >= 15 is 0 Å². The molecule has 27 heavy (non-hydrogen) atoms. The number of aryl methyl sites for hydroxylation is 1. The van der Waals surface area contributed by atoms with Crippen LogP contribution in [0.25, 0.3) is 10.8 Å². The van der Waals surface area contributed by atoms with Crippen LogP contribution < -0.4 is 0 Å². The molecule has 0 amide bonds. The molecule has 1 saturated heterocycles. The Balaban J connectivity index is 1.78. The van der Waals surface area contributed by atoms with Crippen molar-refractivity contribution in [3.63, 3.8) is 0 Å². The zero-order valence-corrected chi connectivity index (χ0v) is 15.5. The highest BCUT2D eigenvalue weighted by molar-refractivity contribution is 5.86. The van der Waals surface area contributed by atoms with Crippen LogP contribution in [0, 0.1) is 12.8 Å². The molecule has 4 rings (SSSR count). The number of aliphatic carboxylic acids is 1. The molecule has 0 spiro atoms. The lowest BCUT2D eigenvalue weighted by Gasteiger charge is -2.37. The van der Waals surface area contributed by atoms with E-state index < -0.39 is 5.97 Å². The Morgan fingerprint density at radius 3 is 2.48 bits per heavy atom. The van der Waals surface area contributed by atoms with Gasteiger partial charge in [0.2, 0.25) is 0 Å². The highest BCUT2D eigenvalue weighted by Gasteiger charge is 2.31. The summed E-state index contributed by atoms with van der Waals surface area (Å²) in [6, 6.07) is 21.0. The van der Waals surface area contributed by atoms with Crippen molar-refractivity contribution < 1.29 is 9.90 Å². The molecule has 3 aromatic rings. The van der Waals surface area contributed by atoms with Gasteiger partial charge in [-0.25, -0.2) is 0 Å². The Labute approximate surface area is 159 Å². The number of rotatable bonds is 4. The van der Waals surface area contributed by atoms with Crippen LogP contribution >= 0.6 is 0 Å². The number of carboxylic acid groups (broad SMARTS) is 1. The van der Waals surface area contributed by atoms with Crippen molar-refractivity contribution in [1.82, 2.24) is 9.88 Å². The lowest BCUT2D eigenvalue weighted by molar-refractivity contribution is -0.143. The van der Waals surface area contributed by atoms with Gasteiger partial charge in [-0.15, -0.1) is 0 Å². The average molecular weight is 360 g/mol. The van der Waals surface area contributed by atoms with E-state index in [4.69, 9.17) is 4.98 Å². The summed E-state index contributed by atoms with van der Waals surface area (Å²) >= 11 is 0. The molecule has 0 radical (unpaired) electrons. The number of pyridine rings is 1. The van der Waals surface area contributed by atoms with Gasteiger partial charge < -0.3 is 5.11 Å². The highest BCUT2D eigenvalue weighted by Crippen LogP contribution is 2.35. The number of carboxylic acids is 1. The number of benzene rings is 2. The van der Waals surface area contributed by atoms with Crippen LogP contribution in [0.2, 0.25) is 0 Å². The maximum atomic E-state index is 11.4. The molecule has 4 nitrogen and oxygen atoms in total. The first-order valence-corrected chi connectivity index (χ1v) is 9.51. The van der Waals surface area contributed by atoms with Crippen LogP contribution in [0.3, 0.4) is 0 Å². The number of fused-ring (bicyclic) bond motifs is 1. The fraction of sp³-hybridized carbons (Fsp3) is 0.304. The summed E-state index contributed by atoms with van der Waals surface area (Å²) in [5.41, 5.74) is 3.26. The van der Waals surface area contributed by atoms with Gasteiger partial charge in [-0.05, 0) is 61.3 Å². The molecule has 0 aliphatic carbocycles. The van der Waals surface area contributed by atoms with Gasteiger partial charge in [-0.1, -0.05) is 48.5 Å². The maximum Gasteiger partial charge on any atom is 0.306 e. The molecule has 1 N–H and O–H groups in total. The maximum absolute atomic E-state index is 11.4. The van der Waals surface area contributed by atoms with E-state index in [2.05, 4.69) is 59.5 Å². The van der Waals surface area contributed by atoms with Gasteiger partial charge in [0.1, 0.15) is 0 Å². The molecule has 1 atom stereocenters. The second kappa shape index (κ2) is 7.49. The smallest absolute Gasteiger partial charge is 0.306 e. The zero-order chi connectivity index (χ0) is 18.8. The molecule has 4 heteroatoms. The number of aromatic nitrogens is 1. The van der Waals surface area contributed by atoms with E-state index in [1.54, 1.807) is 0 Å². The summed E-state index contributed by atoms with van der Waals surface area (Å²) in [7, 11) is 0. The first kappa shape index (κ1) is 17.7. The summed E-state index contributed by atoms with van der Waals surface area (Å²) in [5.74, 6) is -0.912. The number of hydrogen-bond donors (Lipinski definition) is 1. The molecular formula is C23H24N2O2. The molecule has 1 aromatic heterocycles. The minimum absolute atomic E-state index is 0.0331. The second-order valence-corrected chi connectivity index (χ2v) is 7.32. The van der Waals surface area contributed by atoms with Crippen molar-refractivity contribution in [2.45, 2.75) is 25.8 Å². The number of nitrogens with zero attached hydrogens (tertiary/aromatic N) is 2. The van der Waals surface area contributed by atoms with Crippen molar-refractivity contribution in [2.24, 2.45) is 5.92 Å². The van der Waals surface area contributed by atoms with Crippen molar-refractivity contribution in [3.8, 4) is 0 Å².